The fourth-order valence-corrected chi connectivity index (χ4v) is 5.05. The van der Waals surface area contributed by atoms with Crippen LogP contribution in [0.5, 0.6) is 0 Å². The first-order valence-electron chi connectivity index (χ1n) is 11.1. The van der Waals surface area contributed by atoms with E-state index in [-0.39, 0.29) is 5.91 Å². The third-order valence-corrected chi connectivity index (χ3v) is 6.78. The van der Waals surface area contributed by atoms with Crippen molar-refractivity contribution in [1.82, 2.24) is 9.47 Å². The van der Waals surface area contributed by atoms with Crippen LogP contribution in [0, 0.1) is 25.2 Å². The number of carbonyl (C=O) groups excluding carboxylic acids is 1. The normalized spacial score (nSPS) is 15.8. The second-order valence-electron chi connectivity index (χ2n) is 8.13. The zero-order chi connectivity index (χ0) is 24.4. The van der Waals surface area contributed by atoms with Crippen LogP contribution in [0.25, 0.3) is 11.8 Å². The topological polar surface area (TPSA) is 74.5 Å². The molecular formula is C28H22N4O2S. The zero-order valence-corrected chi connectivity index (χ0v) is 20.1. The summed E-state index contributed by atoms with van der Waals surface area (Å²) in [6, 6.07) is 25.0. The molecule has 172 valence electrons. The molecule has 0 N–H and O–H groups in total. The number of aromatic nitrogens is 1. The number of hydrogen-bond donors (Lipinski definition) is 0. The molecule has 3 heterocycles. The highest BCUT2D eigenvalue weighted by Gasteiger charge is 2.34. The molecular weight excluding hydrogens is 456 g/mol. The summed E-state index contributed by atoms with van der Waals surface area (Å²) >= 11 is 1.36. The van der Waals surface area contributed by atoms with Crippen LogP contribution in [-0.2, 0) is 11.3 Å². The number of aliphatic imine (C=N–C) groups is 1. The number of carbonyl (C=O) groups is 1. The van der Waals surface area contributed by atoms with Crippen LogP contribution in [0.2, 0.25) is 0 Å². The third kappa shape index (κ3) is 4.57. The highest BCUT2D eigenvalue weighted by molar-refractivity contribution is 8.18. The SMILES string of the molecule is Cc1cc(/C=C2\SC(=Nc3ccccc3)N(Cc3ccco3)C2=O)c(C)n1-c1ccc(C#N)cc1. The summed E-state index contributed by atoms with van der Waals surface area (Å²) in [7, 11) is 0. The lowest BCUT2D eigenvalue weighted by molar-refractivity contribution is -0.122. The molecule has 0 saturated carbocycles. The summed E-state index contributed by atoms with van der Waals surface area (Å²) in [5, 5.41) is 9.71. The Morgan fingerprint density at radius 1 is 1.06 bits per heavy atom. The van der Waals surface area contributed by atoms with Gasteiger partial charge in [-0.15, -0.1) is 0 Å². The largest absolute Gasteiger partial charge is 0.467 e. The van der Waals surface area contributed by atoms with Crippen LogP contribution in [0.1, 0.15) is 28.3 Å². The molecule has 0 unspecified atom stereocenters. The van der Waals surface area contributed by atoms with Crippen LogP contribution in [0.15, 0.2) is 93.4 Å². The first-order chi connectivity index (χ1) is 17.0. The Kier molecular flexibility index (Phi) is 6.13. The van der Waals surface area contributed by atoms with Gasteiger partial charge in [0.15, 0.2) is 5.17 Å². The van der Waals surface area contributed by atoms with Crippen LogP contribution in [0.3, 0.4) is 0 Å². The minimum absolute atomic E-state index is 0.107. The molecule has 35 heavy (non-hydrogen) atoms. The predicted octanol–water partition coefficient (Wildman–Crippen LogP) is 6.36. The van der Waals surface area contributed by atoms with E-state index in [4.69, 9.17) is 14.7 Å². The van der Waals surface area contributed by atoms with Gasteiger partial charge in [0.05, 0.1) is 35.0 Å². The Morgan fingerprint density at radius 3 is 2.51 bits per heavy atom. The Hall–Kier alpha value is -4.28. The van der Waals surface area contributed by atoms with Gasteiger partial charge in [0.1, 0.15) is 5.76 Å². The van der Waals surface area contributed by atoms with Crippen molar-refractivity contribution in [1.29, 1.82) is 5.26 Å². The standard InChI is InChI=1S/C28H22N4O2S/c1-19-15-22(20(2)32(19)24-12-10-21(17-29)11-13-24)16-26-27(33)31(18-25-9-6-14-34-25)28(35-26)30-23-7-4-3-5-8-23/h3-16H,18H2,1-2H3/b26-16-,30-28?. The second kappa shape index (κ2) is 9.53. The Morgan fingerprint density at radius 2 is 1.83 bits per heavy atom. The Balaban J connectivity index is 1.51. The second-order valence-corrected chi connectivity index (χ2v) is 9.14. The van der Waals surface area contributed by atoms with Crippen molar-refractivity contribution in [2.24, 2.45) is 4.99 Å². The number of nitriles is 1. The summed E-state index contributed by atoms with van der Waals surface area (Å²) in [5.74, 6) is 0.587. The minimum Gasteiger partial charge on any atom is -0.467 e. The molecule has 7 heteroatoms. The van der Waals surface area contributed by atoms with Gasteiger partial charge < -0.3 is 8.98 Å². The van der Waals surface area contributed by atoms with E-state index in [1.165, 1.54) is 11.8 Å². The summed E-state index contributed by atoms with van der Waals surface area (Å²) < 4.78 is 7.62. The van der Waals surface area contributed by atoms with Crippen molar-refractivity contribution in [2.45, 2.75) is 20.4 Å². The lowest BCUT2D eigenvalue weighted by atomic mass is 10.2. The maximum Gasteiger partial charge on any atom is 0.267 e. The molecule has 0 aliphatic carbocycles. The number of benzene rings is 2. The average Bonchev–Trinajstić information content (AvgIpc) is 3.56. The number of amides is 1. The number of amidine groups is 1. The molecule has 6 nitrogen and oxygen atoms in total. The summed E-state index contributed by atoms with van der Waals surface area (Å²) in [5.41, 5.74) is 5.39. The molecule has 1 fully saturated rings. The number of thioether (sulfide) groups is 1. The van der Waals surface area contributed by atoms with Crippen molar-refractivity contribution >= 4 is 34.6 Å². The lowest BCUT2D eigenvalue weighted by Crippen LogP contribution is -2.28. The monoisotopic (exact) mass is 478 g/mol. The molecule has 4 aromatic rings. The number of aryl methyl sites for hydroxylation is 1. The first-order valence-corrected chi connectivity index (χ1v) is 11.9. The van der Waals surface area contributed by atoms with Gasteiger partial charge >= 0.3 is 0 Å². The van der Waals surface area contributed by atoms with E-state index in [1.807, 2.05) is 86.7 Å². The zero-order valence-electron chi connectivity index (χ0n) is 19.3. The fourth-order valence-electron chi connectivity index (χ4n) is 4.06. The number of para-hydroxylation sites is 1. The highest BCUT2D eigenvalue weighted by atomic mass is 32.2. The molecule has 2 aromatic carbocycles. The van der Waals surface area contributed by atoms with E-state index in [2.05, 4.69) is 16.7 Å². The predicted molar refractivity (Wildman–Crippen MR) is 138 cm³/mol. The van der Waals surface area contributed by atoms with E-state index in [1.54, 1.807) is 11.2 Å². The summed E-state index contributed by atoms with van der Waals surface area (Å²) in [6.07, 6.45) is 3.53. The van der Waals surface area contributed by atoms with Gasteiger partial charge in [-0.1, -0.05) is 18.2 Å². The van der Waals surface area contributed by atoms with Gasteiger partial charge in [-0.3, -0.25) is 9.69 Å². The molecule has 5 rings (SSSR count). The van der Waals surface area contributed by atoms with Crippen molar-refractivity contribution in [3.05, 3.63) is 112 Å². The van der Waals surface area contributed by atoms with Crippen molar-refractivity contribution < 1.29 is 9.21 Å². The van der Waals surface area contributed by atoms with Crippen LogP contribution in [0.4, 0.5) is 5.69 Å². The molecule has 0 bridgehead atoms. The van der Waals surface area contributed by atoms with Gasteiger partial charge in [0, 0.05) is 17.1 Å². The summed E-state index contributed by atoms with van der Waals surface area (Å²) in [4.78, 5) is 20.5. The van der Waals surface area contributed by atoms with Gasteiger partial charge in [0.2, 0.25) is 0 Å². The van der Waals surface area contributed by atoms with E-state index < -0.39 is 0 Å². The Labute approximate surface area is 207 Å². The quantitative estimate of drug-likeness (QED) is 0.313. The van der Waals surface area contributed by atoms with Crippen LogP contribution < -0.4 is 0 Å². The van der Waals surface area contributed by atoms with E-state index in [9.17, 15) is 4.79 Å². The molecule has 2 aromatic heterocycles. The number of furan rings is 1. The van der Waals surface area contributed by atoms with Gasteiger partial charge in [-0.2, -0.15) is 5.26 Å². The third-order valence-electron chi connectivity index (χ3n) is 5.77. The maximum absolute atomic E-state index is 13.5. The number of hydrogen-bond acceptors (Lipinski definition) is 5. The first kappa shape index (κ1) is 22.5. The van der Waals surface area contributed by atoms with Gasteiger partial charge in [-0.25, -0.2) is 4.99 Å². The van der Waals surface area contributed by atoms with Gasteiger partial charge in [0.25, 0.3) is 5.91 Å². The maximum atomic E-state index is 13.5. The molecule has 0 radical (unpaired) electrons. The van der Waals surface area contributed by atoms with Crippen LogP contribution >= 0.6 is 11.8 Å². The molecule has 0 atom stereocenters. The molecule has 1 amide bonds. The average molecular weight is 479 g/mol. The van der Waals surface area contributed by atoms with Crippen molar-refractivity contribution in [3.8, 4) is 11.8 Å². The number of rotatable bonds is 5. The fraction of sp³-hybridized carbons (Fsp3) is 0.107. The van der Waals surface area contributed by atoms with E-state index >= 15 is 0 Å². The molecule has 1 aliphatic rings. The molecule has 1 saturated heterocycles. The smallest absolute Gasteiger partial charge is 0.267 e. The summed E-state index contributed by atoms with van der Waals surface area (Å²) in [6.45, 7) is 4.37. The van der Waals surface area contributed by atoms with Crippen molar-refractivity contribution in [2.75, 3.05) is 0 Å². The van der Waals surface area contributed by atoms with Crippen molar-refractivity contribution in [3.63, 3.8) is 0 Å². The van der Waals surface area contributed by atoms with E-state index in [0.29, 0.717) is 27.9 Å². The molecule has 1 aliphatic heterocycles. The Bertz CT molecular complexity index is 1470. The molecule has 0 spiro atoms. The number of nitrogens with zero attached hydrogens (tertiary/aromatic N) is 4. The van der Waals surface area contributed by atoms with Crippen LogP contribution in [-0.4, -0.2) is 20.5 Å². The van der Waals surface area contributed by atoms with Gasteiger partial charge in [-0.05, 0) is 91.8 Å². The lowest BCUT2D eigenvalue weighted by Gasteiger charge is -2.13. The van der Waals surface area contributed by atoms with E-state index in [0.717, 1.165) is 28.3 Å². The highest BCUT2D eigenvalue weighted by Crippen LogP contribution is 2.36. The minimum atomic E-state index is -0.107.